The van der Waals surface area contributed by atoms with E-state index >= 15 is 0 Å². The van der Waals surface area contributed by atoms with Crippen LogP contribution < -0.4 is 5.32 Å². The average Bonchev–Trinajstić information content (AvgIpc) is 3.12. The van der Waals surface area contributed by atoms with Gasteiger partial charge in [0.1, 0.15) is 0 Å². The van der Waals surface area contributed by atoms with Crippen LogP contribution in [0.15, 0.2) is 66.7 Å². The van der Waals surface area contributed by atoms with E-state index < -0.39 is 0 Å². The summed E-state index contributed by atoms with van der Waals surface area (Å²) in [4.78, 5) is 29.6. The minimum atomic E-state index is 0.0167. The summed E-state index contributed by atoms with van der Waals surface area (Å²) < 4.78 is 2.20. The van der Waals surface area contributed by atoms with Gasteiger partial charge in [-0.15, -0.1) is 0 Å². The van der Waals surface area contributed by atoms with Gasteiger partial charge in [-0.25, -0.2) is 0 Å². The lowest BCUT2D eigenvalue weighted by atomic mass is 10.2. The van der Waals surface area contributed by atoms with Crippen molar-refractivity contribution >= 4 is 11.8 Å². The third-order valence-corrected chi connectivity index (χ3v) is 6.35. The summed E-state index contributed by atoms with van der Waals surface area (Å²) >= 11 is 0. The second kappa shape index (κ2) is 10.5. The maximum absolute atomic E-state index is 13.2. The number of amides is 2. The van der Waals surface area contributed by atoms with Crippen molar-refractivity contribution in [2.45, 2.75) is 26.9 Å². The van der Waals surface area contributed by atoms with E-state index in [1.54, 1.807) is 0 Å². The maximum Gasteiger partial charge on any atom is 0.255 e. The molecule has 6 heteroatoms. The number of carbonyl (C=O) groups is 2. The monoisotopic (exact) mass is 444 g/mol. The van der Waals surface area contributed by atoms with Crippen molar-refractivity contribution < 1.29 is 9.59 Å². The fourth-order valence-electron chi connectivity index (χ4n) is 4.36. The molecular formula is C27H32N4O2. The van der Waals surface area contributed by atoms with E-state index in [2.05, 4.69) is 33.8 Å². The molecule has 0 aliphatic carbocycles. The van der Waals surface area contributed by atoms with E-state index in [0.717, 1.165) is 29.1 Å². The lowest BCUT2D eigenvalue weighted by Crippen LogP contribution is -2.51. The Labute approximate surface area is 195 Å². The topological polar surface area (TPSA) is 57.6 Å². The Kier molecular flexibility index (Phi) is 7.25. The molecule has 0 spiro atoms. The standard InChI is InChI=1S/C27H32N4O2/c1-21-17-25(22(2)31(21)19-24-11-7-4-8-12-24)27(33)30-15-13-29(14-16-30)20-26(32)28-18-23-9-5-3-6-10-23/h3-12,17H,13-16,18-20H2,1-2H3,(H,28,32). The molecule has 1 fully saturated rings. The molecule has 0 unspecified atom stereocenters. The first-order valence-electron chi connectivity index (χ1n) is 11.5. The lowest BCUT2D eigenvalue weighted by Gasteiger charge is -2.34. The summed E-state index contributed by atoms with van der Waals surface area (Å²) in [5.74, 6) is 0.0960. The van der Waals surface area contributed by atoms with Gasteiger partial charge in [0.2, 0.25) is 5.91 Å². The summed E-state index contributed by atoms with van der Waals surface area (Å²) in [6, 6.07) is 22.2. The predicted octanol–water partition coefficient (Wildman–Crippen LogP) is 3.23. The van der Waals surface area contributed by atoms with Crippen LogP contribution in [0, 0.1) is 13.8 Å². The average molecular weight is 445 g/mol. The van der Waals surface area contributed by atoms with Gasteiger partial charge >= 0.3 is 0 Å². The summed E-state index contributed by atoms with van der Waals surface area (Å²) in [6.07, 6.45) is 0. The van der Waals surface area contributed by atoms with Crippen LogP contribution in [-0.2, 0) is 17.9 Å². The SMILES string of the molecule is Cc1cc(C(=O)N2CCN(CC(=O)NCc3ccccc3)CC2)c(C)n1Cc1ccccc1. The number of piperazine rings is 1. The van der Waals surface area contributed by atoms with Crippen LogP contribution in [0.2, 0.25) is 0 Å². The number of aryl methyl sites for hydroxylation is 1. The fourth-order valence-corrected chi connectivity index (χ4v) is 4.36. The van der Waals surface area contributed by atoms with Crippen LogP contribution in [0.5, 0.6) is 0 Å². The number of hydrogen-bond acceptors (Lipinski definition) is 3. The number of rotatable bonds is 7. The van der Waals surface area contributed by atoms with Gasteiger partial charge in [0, 0.05) is 50.7 Å². The molecule has 1 N–H and O–H groups in total. The van der Waals surface area contributed by atoms with Crippen LogP contribution >= 0.6 is 0 Å². The second-order valence-electron chi connectivity index (χ2n) is 8.69. The Hall–Kier alpha value is -3.38. The quantitative estimate of drug-likeness (QED) is 0.609. The molecule has 0 bridgehead atoms. The summed E-state index contributed by atoms with van der Waals surface area (Å²) in [7, 11) is 0. The molecule has 6 nitrogen and oxygen atoms in total. The van der Waals surface area contributed by atoms with Crippen LogP contribution in [0.3, 0.4) is 0 Å². The highest BCUT2D eigenvalue weighted by molar-refractivity contribution is 5.95. The Morgan fingerprint density at radius 1 is 0.848 bits per heavy atom. The molecule has 172 valence electrons. The van der Waals surface area contributed by atoms with Crippen LogP contribution in [0.4, 0.5) is 0 Å². The Balaban J connectivity index is 1.29. The van der Waals surface area contributed by atoms with Crippen molar-refractivity contribution in [1.29, 1.82) is 0 Å². The van der Waals surface area contributed by atoms with Gasteiger partial charge in [-0.2, -0.15) is 0 Å². The largest absolute Gasteiger partial charge is 0.351 e. The number of nitrogens with zero attached hydrogens (tertiary/aromatic N) is 3. The lowest BCUT2D eigenvalue weighted by molar-refractivity contribution is -0.122. The normalized spacial score (nSPS) is 14.3. The van der Waals surface area contributed by atoms with Gasteiger partial charge in [-0.1, -0.05) is 60.7 Å². The first-order valence-corrected chi connectivity index (χ1v) is 11.5. The van der Waals surface area contributed by atoms with Crippen molar-refractivity contribution in [1.82, 2.24) is 19.7 Å². The molecule has 1 aromatic heterocycles. The van der Waals surface area contributed by atoms with Gasteiger partial charge in [0.15, 0.2) is 0 Å². The highest BCUT2D eigenvalue weighted by atomic mass is 16.2. The van der Waals surface area contributed by atoms with E-state index in [0.29, 0.717) is 39.3 Å². The fraction of sp³-hybridized carbons (Fsp3) is 0.333. The third-order valence-electron chi connectivity index (χ3n) is 6.35. The molecule has 1 saturated heterocycles. The van der Waals surface area contributed by atoms with E-state index in [1.165, 1.54) is 5.56 Å². The summed E-state index contributed by atoms with van der Waals surface area (Å²) in [6.45, 7) is 8.41. The highest BCUT2D eigenvalue weighted by Crippen LogP contribution is 2.20. The highest BCUT2D eigenvalue weighted by Gasteiger charge is 2.26. The predicted molar refractivity (Wildman–Crippen MR) is 130 cm³/mol. The number of nitrogens with one attached hydrogen (secondary N) is 1. The van der Waals surface area contributed by atoms with Crippen LogP contribution in [0.1, 0.15) is 32.9 Å². The van der Waals surface area contributed by atoms with Crippen molar-refractivity contribution in [2.24, 2.45) is 0 Å². The summed E-state index contributed by atoms with van der Waals surface area (Å²) in [5.41, 5.74) is 5.18. The number of aromatic nitrogens is 1. The first kappa shape index (κ1) is 22.8. The van der Waals surface area contributed by atoms with Crippen LogP contribution in [-0.4, -0.2) is 58.9 Å². The molecular weight excluding hydrogens is 412 g/mol. The molecule has 4 rings (SSSR count). The van der Waals surface area contributed by atoms with Crippen molar-refractivity contribution in [3.05, 3.63) is 94.8 Å². The zero-order chi connectivity index (χ0) is 23.2. The van der Waals surface area contributed by atoms with Gasteiger partial charge in [-0.3, -0.25) is 14.5 Å². The van der Waals surface area contributed by atoms with E-state index in [9.17, 15) is 9.59 Å². The molecule has 2 heterocycles. The molecule has 0 saturated carbocycles. The molecule has 1 aliphatic heterocycles. The zero-order valence-electron chi connectivity index (χ0n) is 19.5. The molecule has 2 amide bonds. The summed E-state index contributed by atoms with van der Waals surface area (Å²) in [5, 5.41) is 2.98. The Morgan fingerprint density at radius 2 is 1.45 bits per heavy atom. The maximum atomic E-state index is 13.2. The van der Waals surface area contributed by atoms with Gasteiger partial charge in [-0.05, 0) is 31.0 Å². The zero-order valence-corrected chi connectivity index (χ0v) is 19.5. The van der Waals surface area contributed by atoms with E-state index in [1.807, 2.05) is 66.4 Å². The molecule has 1 aliphatic rings. The minimum absolute atomic E-state index is 0.0167. The molecule has 3 aromatic rings. The molecule has 33 heavy (non-hydrogen) atoms. The minimum Gasteiger partial charge on any atom is -0.351 e. The smallest absolute Gasteiger partial charge is 0.255 e. The number of carbonyl (C=O) groups excluding carboxylic acids is 2. The third kappa shape index (κ3) is 5.71. The second-order valence-corrected chi connectivity index (χ2v) is 8.69. The molecule has 0 atom stereocenters. The van der Waals surface area contributed by atoms with Crippen LogP contribution in [0.25, 0.3) is 0 Å². The van der Waals surface area contributed by atoms with Gasteiger partial charge < -0.3 is 14.8 Å². The number of hydrogen-bond donors (Lipinski definition) is 1. The Morgan fingerprint density at radius 3 is 2.09 bits per heavy atom. The van der Waals surface area contributed by atoms with Gasteiger partial charge in [0.25, 0.3) is 5.91 Å². The molecule has 0 radical (unpaired) electrons. The van der Waals surface area contributed by atoms with E-state index in [4.69, 9.17) is 0 Å². The Bertz CT molecular complexity index is 1080. The van der Waals surface area contributed by atoms with Gasteiger partial charge in [0.05, 0.1) is 12.1 Å². The first-order chi connectivity index (χ1) is 16.0. The van der Waals surface area contributed by atoms with Crippen molar-refractivity contribution in [2.75, 3.05) is 32.7 Å². The van der Waals surface area contributed by atoms with E-state index in [-0.39, 0.29) is 11.8 Å². The molecule has 2 aromatic carbocycles. The van der Waals surface area contributed by atoms with Crippen molar-refractivity contribution in [3.8, 4) is 0 Å². The van der Waals surface area contributed by atoms with Crippen molar-refractivity contribution in [3.63, 3.8) is 0 Å². The number of benzene rings is 2.